The first-order valence-corrected chi connectivity index (χ1v) is 7.73. The van der Waals surface area contributed by atoms with Gasteiger partial charge in [-0.25, -0.2) is 0 Å². The van der Waals surface area contributed by atoms with Gasteiger partial charge in [-0.2, -0.15) is 0 Å². The van der Waals surface area contributed by atoms with Crippen LogP contribution < -0.4 is 4.74 Å². The predicted molar refractivity (Wildman–Crippen MR) is 90.0 cm³/mol. The van der Waals surface area contributed by atoms with Crippen LogP contribution in [0.3, 0.4) is 0 Å². The van der Waals surface area contributed by atoms with Crippen molar-refractivity contribution in [1.29, 1.82) is 0 Å². The van der Waals surface area contributed by atoms with Crippen LogP contribution in [-0.2, 0) is 0 Å². The van der Waals surface area contributed by atoms with Crippen LogP contribution in [0, 0.1) is 27.7 Å². The van der Waals surface area contributed by atoms with E-state index < -0.39 is 0 Å². The van der Waals surface area contributed by atoms with E-state index in [0.29, 0.717) is 6.04 Å². The zero-order valence-corrected chi connectivity index (χ0v) is 14.4. The summed E-state index contributed by atoms with van der Waals surface area (Å²) in [6.07, 6.45) is 0. The Bertz CT molecular complexity index is 696. The number of ketones is 1. The first kappa shape index (κ1) is 16.3. The topological polar surface area (TPSA) is 31.2 Å². The molecule has 2 rings (SSSR count). The second kappa shape index (κ2) is 6.39. The Kier molecular flexibility index (Phi) is 4.74. The molecule has 0 N–H and O–H groups in total. The van der Waals surface area contributed by atoms with Gasteiger partial charge >= 0.3 is 0 Å². The van der Waals surface area contributed by atoms with E-state index in [2.05, 4.69) is 25.3 Å². The summed E-state index contributed by atoms with van der Waals surface area (Å²) in [6.45, 7) is 12.5. The van der Waals surface area contributed by atoms with Crippen molar-refractivity contribution in [2.24, 2.45) is 0 Å². The van der Waals surface area contributed by atoms with Gasteiger partial charge in [-0.1, -0.05) is 6.07 Å². The third kappa shape index (κ3) is 3.24. The van der Waals surface area contributed by atoms with E-state index in [0.717, 1.165) is 22.7 Å². The molecule has 0 atom stereocenters. The van der Waals surface area contributed by atoms with Gasteiger partial charge in [-0.05, 0) is 70.9 Å². The van der Waals surface area contributed by atoms with Crippen LogP contribution in [0.5, 0.6) is 5.75 Å². The molecule has 0 unspecified atom stereocenters. The fourth-order valence-corrected chi connectivity index (χ4v) is 2.88. The summed E-state index contributed by atoms with van der Waals surface area (Å²) in [6, 6.07) is 8.20. The molecule has 0 spiro atoms. The first-order valence-electron chi connectivity index (χ1n) is 7.73. The van der Waals surface area contributed by atoms with E-state index in [4.69, 9.17) is 4.74 Å². The van der Waals surface area contributed by atoms with Gasteiger partial charge in [-0.3, -0.25) is 4.79 Å². The molecule has 0 bridgehead atoms. The van der Waals surface area contributed by atoms with Gasteiger partial charge in [0.05, 0.1) is 0 Å². The molecule has 0 amide bonds. The second-order valence-corrected chi connectivity index (χ2v) is 6.21. The molecule has 0 aliphatic rings. The lowest BCUT2D eigenvalue weighted by Gasteiger charge is -2.13. The minimum atomic E-state index is 0.0261. The van der Waals surface area contributed by atoms with Crippen LogP contribution in [0.15, 0.2) is 24.3 Å². The van der Waals surface area contributed by atoms with E-state index in [-0.39, 0.29) is 12.4 Å². The summed E-state index contributed by atoms with van der Waals surface area (Å²) >= 11 is 0. The average Bonchev–Trinajstić information content (AvgIpc) is 2.75. The van der Waals surface area contributed by atoms with Crippen LogP contribution in [0.4, 0.5) is 0 Å². The monoisotopic (exact) mass is 299 g/mol. The van der Waals surface area contributed by atoms with Crippen molar-refractivity contribution in [3.8, 4) is 5.75 Å². The maximum absolute atomic E-state index is 12.4. The van der Waals surface area contributed by atoms with Crippen molar-refractivity contribution in [3.63, 3.8) is 0 Å². The minimum Gasteiger partial charge on any atom is -0.485 e. The van der Waals surface area contributed by atoms with Gasteiger partial charge in [0.15, 0.2) is 6.61 Å². The van der Waals surface area contributed by atoms with Gasteiger partial charge in [0, 0.05) is 23.0 Å². The van der Waals surface area contributed by atoms with Crippen molar-refractivity contribution < 1.29 is 9.53 Å². The van der Waals surface area contributed by atoms with E-state index >= 15 is 0 Å². The van der Waals surface area contributed by atoms with Crippen LogP contribution in [-0.4, -0.2) is 17.0 Å². The smallest absolute Gasteiger partial charge is 0.202 e. The summed E-state index contributed by atoms with van der Waals surface area (Å²) in [5.74, 6) is 0.771. The van der Waals surface area contributed by atoms with Crippen molar-refractivity contribution in [2.75, 3.05) is 6.61 Å². The van der Waals surface area contributed by atoms with Crippen molar-refractivity contribution in [2.45, 2.75) is 47.6 Å². The maximum Gasteiger partial charge on any atom is 0.202 e. The highest BCUT2D eigenvalue weighted by Crippen LogP contribution is 2.21. The largest absolute Gasteiger partial charge is 0.485 e. The first-order chi connectivity index (χ1) is 10.3. The van der Waals surface area contributed by atoms with Gasteiger partial charge in [0.25, 0.3) is 0 Å². The molecule has 0 fully saturated rings. The third-order valence-corrected chi connectivity index (χ3v) is 4.15. The van der Waals surface area contributed by atoms with E-state index in [1.165, 1.54) is 11.1 Å². The minimum absolute atomic E-state index is 0.0261. The molecule has 0 radical (unpaired) electrons. The normalized spacial score (nSPS) is 11.0. The summed E-state index contributed by atoms with van der Waals surface area (Å²) in [7, 11) is 0. The van der Waals surface area contributed by atoms with Crippen LogP contribution in [0.2, 0.25) is 0 Å². The van der Waals surface area contributed by atoms with Crippen LogP contribution in [0.1, 0.15) is 52.8 Å². The third-order valence-electron chi connectivity index (χ3n) is 4.15. The summed E-state index contributed by atoms with van der Waals surface area (Å²) < 4.78 is 7.85. The molecule has 3 heteroatoms. The molecule has 1 aromatic heterocycles. The fraction of sp³-hybridized carbons (Fsp3) is 0.421. The molecule has 0 aliphatic heterocycles. The average molecular weight is 299 g/mol. The van der Waals surface area contributed by atoms with Gasteiger partial charge in [0.2, 0.25) is 5.78 Å². The van der Waals surface area contributed by atoms with Crippen LogP contribution >= 0.6 is 0 Å². The van der Waals surface area contributed by atoms with Crippen LogP contribution in [0.25, 0.3) is 0 Å². The number of carbonyl (C=O) groups is 1. The number of nitrogens with zero attached hydrogens (tertiary/aromatic N) is 1. The standard InChI is InChI=1S/C19H25NO2/c1-12(2)20-15(5)10-18(16(20)6)19(21)11-22-17-8-7-13(3)14(4)9-17/h7-10,12H,11H2,1-6H3. The number of Topliss-reactive ketones (excluding diaryl/α,β-unsaturated/α-hetero) is 1. The number of hydrogen-bond donors (Lipinski definition) is 0. The number of benzene rings is 1. The highest BCUT2D eigenvalue weighted by molar-refractivity contribution is 5.98. The quantitative estimate of drug-likeness (QED) is 0.758. The summed E-state index contributed by atoms with van der Waals surface area (Å²) in [5.41, 5.74) is 5.28. The number of hydrogen-bond acceptors (Lipinski definition) is 2. The number of aryl methyl sites for hydroxylation is 3. The predicted octanol–water partition coefficient (Wildman–Crippen LogP) is 4.56. The molecule has 1 heterocycles. The zero-order chi connectivity index (χ0) is 16.4. The zero-order valence-electron chi connectivity index (χ0n) is 14.4. The molecule has 0 saturated carbocycles. The molecular formula is C19H25NO2. The Hall–Kier alpha value is -2.03. The molecule has 118 valence electrons. The Labute approximate surface area is 132 Å². The lowest BCUT2D eigenvalue weighted by molar-refractivity contribution is 0.0920. The molecule has 0 saturated heterocycles. The number of carbonyl (C=O) groups excluding carboxylic acids is 1. The van der Waals surface area contributed by atoms with E-state index in [1.54, 1.807) is 0 Å². The summed E-state index contributed by atoms with van der Waals surface area (Å²) in [4.78, 5) is 12.4. The second-order valence-electron chi connectivity index (χ2n) is 6.21. The van der Waals surface area contributed by atoms with Gasteiger partial charge < -0.3 is 9.30 Å². The van der Waals surface area contributed by atoms with E-state index in [9.17, 15) is 4.79 Å². The van der Waals surface area contributed by atoms with Crippen molar-refractivity contribution in [1.82, 2.24) is 4.57 Å². The highest BCUT2D eigenvalue weighted by atomic mass is 16.5. The molecule has 2 aromatic rings. The Morgan fingerprint density at radius 2 is 1.77 bits per heavy atom. The Morgan fingerprint density at radius 1 is 1.09 bits per heavy atom. The Balaban J connectivity index is 2.13. The van der Waals surface area contributed by atoms with E-state index in [1.807, 2.05) is 45.0 Å². The fourth-order valence-electron chi connectivity index (χ4n) is 2.88. The molecular weight excluding hydrogens is 274 g/mol. The van der Waals surface area contributed by atoms with Crippen molar-refractivity contribution >= 4 is 5.78 Å². The number of aromatic nitrogens is 1. The lowest BCUT2D eigenvalue weighted by atomic mass is 10.1. The number of rotatable bonds is 5. The summed E-state index contributed by atoms with van der Waals surface area (Å²) in [5, 5.41) is 0. The van der Waals surface area contributed by atoms with Gasteiger partial charge in [-0.15, -0.1) is 0 Å². The maximum atomic E-state index is 12.4. The molecule has 1 aromatic carbocycles. The van der Waals surface area contributed by atoms with Gasteiger partial charge in [0.1, 0.15) is 5.75 Å². The SMILES string of the molecule is Cc1ccc(OCC(=O)c2cc(C)n(C(C)C)c2C)cc1C. The molecule has 3 nitrogen and oxygen atoms in total. The molecule has 0 aliphatic carbocycles. The Morgan fingerprint density at radius 3 is 2.32 bits per heavy atom. The highest BCUT2D eigenvalue weighted by Gasteiger charge is 2.17. The van der Waals surface area contributed by atoms with Crippen molar-refractivity contribution in [3.05, 3.63) is 52.3 Å². The number of ether oxygens (including phenoxy) is 1. The molecule has 22 heavy (non-hydrogen) atoms. The lowest BCUT2D eigenvalue weighted by Crippen LogP contribution is -2.13.